The van der Waals surface area contributed by atoms with Gasteiger partial charge >= 0.3 is 5.97 Å². The minimum absolute atomic E-state index is 0.0752. The van der Waals surface area contributed by atoms with Crippen molar-refractivity contribution in [3.05, 3.63) is 29.1 Å². The smallest absolute Gasteiger partial charge is 0.328 e. The highest BCUT2D eigenvalue weighted by atomic mass is 32.1. The molecule has 0 saturated heterocycles. The number of nitrogens with one attached hydrogen (secondary N) is 1. The van der Waals surface area contributed by atoms with E-state index in [0.29, 0.717) is 5.39 Å². The average molecular weight is 321 g/mol. The predicted octanol–water partition coefficient (Wildman–Crippen LogP) is 2.92. The van der Waals surface area contributed by atoms with Gasteiger partial charge in [0.25, 0.3) is 5.91 Å². The third kappa shape index (κ3) is 3.06. The summed E-state index contributed by atoms with van der Waals surface area (Å²) in [6, 6.07) is 4.29. The number of hydrogen-bond donors (Lipinski definition) is 2. The number of carbonyl (C=O) groups excluding carboxylic acids is 2. The van der Waals surface area contributed by atoms with Crippen LogP contribution in [0.3, 0.4) is 0 Å². The summed E-state index contributed by atoms with van der Waals surface area (Å²) in [5.41, 5.74) is -0.366. The number of phenols is 1. The SMILES string of the molecule is COC(=O)[C@@H](NC(=O)c1ccc2sccc2c1O)C(C)(C)C. The van der Waals surface area contributed by atoms with E-state index in [1.54, 1.807) is 18.2 Å². The molecule has 1 heterocycles. The summed E-state index contributed by atoms with van der Waals surface area (Å²) < 4.78 is 5.65. The van der Waals surface area contributed by atoms with Crippen LogP contribution in [0.2, 0.25) is 0 Å². The Morgan fingerprint density at radius 2 is 1.95 bits per heavy atom. The van der Waals surface area contributed by atoms with Crippen molar-refractivity contribution in [1.29, 1.82) is 0 Å². The number of fused-ring (bicyclic) bond motifs is 1. The lowest BCUT2D eigenvalue weighted by molar-refractivity contribution is -0.145. The van der Waals surface area contributed by atoms with Crippen molar-refractivity contribution in [1.82, 2.24) is 5.32 Å². The Hall–Kier alpha value is -2.08. The van der Waals surface area contributed by atoms with Crippen LogP contribution in [-0.2, 0) is 9.53 Å². The molecule has 5 nitrogen and oxygen atoms in total. The van der Waals surface area contributed by atoms with E-state index in [1.165, 1.54) is 18.4 Å². The van der Waals surface area contributed by atoms with E-state index in [9.17, 15) is 14.7 Å². The van der Waals surface area contributed by atoms with Crippen LogP contribution in [0.15, 0.2) is 23.6 Å². The Bertz CT molecular complexity index is 714. The maximum atomic E-state index is 12.4. The number of amides is 1. The lowest BCUT2D eigenvalue weighted by Crippen LogP contribution is -2.49. The van der Waals surface area contributed by atoms with Crippen molar-refractivity contribution in [2.75, 3.05) is 7.11 Å². The van der Waals surface area contributed by atoms with Gasteiger partial charge < -0.3 is 15.2 Å². The van der Waals surface area contributed by atoms with Crippen LogP contribution in [0.4, 0.5) is 0 Å². The molecule has 1 atom stereocenters. The van der Waals surface area contributed by atoms with Crippen LogP contribution in [0, 0.1) is 5.41 Å². The molecule has 2 rings (SSSR count). The zero-order valence-electron chi connectivity index (χ0n) is 13.0. The van der Waals surface area contributed by atoms with Crippen LogP contribution in [0.5, 0.6) is 5.75 Å². The molecule has 118 valence electrons. The maximum absolute atomic E-state index is 12.4. The second kappa shape index (κ2) is 5.96. The molecule has 0 aliphatic heterocycles. The first kappa shape index (κ1) is 16.3. The second-order valence-corrected chi connectivity index (χ2v) is 7.04. The number of carbonyl (C=O) groups is 2. The third-order valence-electron chi connectivity index (χ3n) is 3.43. The van der Waals surface area contributed by atoms with E-state index in [0.717, 1.165) is 4.70 Å². The minimum atomic E-state index is -0.803. The molecule has 0 radical (unpaired) electrons. The van der Waals surface area contributed by atoms with Gasteiger partial charge in [0.2, 0.25) is 0 Å². The van der Waals surface area contributed by atoms with Gasteiger partial charge in [-0.1, -0.05) is 20.8 Å². The molecule has 0 unspecified atom stereocenters. The summed E-state index contributed by atoms with van der Waals surface area (Å²) in [5.74, 6) is -1.10. The molecule has 1 amide bonds. The van der Waals surface area contributed by atoms with Gasteiger partial charge in [-0.2, -0.15) is 0 Å². The standard InChI is InChI=1S/C16H19NO4S/c1-16(2,3)13(15(20)21-4)17-14(19)10-5-6-11-9(12(10)18)7-8-22-11/h5-8,13,18H,1-4H3,(H,17,19)/t13-/m1/s1. The molecule has 2 N–H and O–H groups in total. The van der Waals surface area contributed by atoms with Gasteiger partial charge in [0.05, 0.1) is 12.7 Å². The molecule has 0 bridgehead atoms. The number of esters is 1. The molecule has 0 fully saturated rings. The van der Waals surface area contributed by atoms with Gasteiger partial charge in [-0.25, -0.2) is 4.79 Å². The van der Waals surface area contributed by atoms with Crippen LogP contribution in [-0.4, -0.2) is 30.1 Å². The molecule has 0 aliphatic rings. The monoisotopic (exact) mass is 321 g/mol. The molecule has 2 aromatic rings. The number of hydrogen-bond acceptors (Lipinski definition) is 5. The third-order valence-corrected chi connectivity index (χ3v) is 4.31. The van der Waals surface area contributed by atoms with Crippen molar-refractivity contribution in [3.8, 4) is 5.75 Å². The van der Waals surface area contributed by atoms with E-state index in [-0.39, 0.29) is 11.3 Å². The Labute approximate surface area is 132 Å². The van der Waals surface area contributed by atoms with E-state index in [2.05, 4.69) is 5.32 Å². The number of thiophene rings is 1. The number of aromatic hydroxyl groups is 1. The highest BCUT2D eigenvalue weighted by molar-refractivity contribution is 7.17. The summed E-state index contributed by atoms with van der Waals surface area (Å²) in [7, 11) is 1.28. The Morgan fingerprint density at radius 3 is 2.55 bits per heavy atom. The predicted molar refractivity (Wildman–Crippen MR) is 86.2 cm³/mol. The fourth-order valence-corrected chi connectivity index (χ4v) is 2.96. The summed E-state index contributed by atoms with van der Waals surface area (Å²) in [4.78, 5) is 24.3. The average Bonchev–Trinajstić information content (AvgIpc) is 2.92. The molecule has 6 heteroatoms. The second-order valence-electron chi connectivity index (χ2n) is 6.09. The number of methoxy groups -OCH3 is 1. The first-order valence-corrected chi connectivity index (χ1v) is 7.71. The van der Waals surface area contributed by atoms with E-state index in [4.69, 9.17) is 4.74 Å². The van der Waals surface area contributed by atoms with E-state index >= 15 is 0 Å². The molecule has 22 heavy (non-hydrogen) atoms. The van der Waals surface area contributed by atoms with Gasteiger partial charge in [0, 0.05) is 10.1 Å². The molecule has 1 aromatic carbocycles. The van der Waals surface area contributed by atoms with Gasteiger partial charge in [0.15, 0.2) is 0 Å². The maximum Gasteiger partial charge on any atom is 0.328 e. The minimum Gasteiger partial charge on any atom is -0.506 e. The van der Waals surface area contributed by atoms with Crippen molar-refractivity contribution >= 4 is 33.3 Å². The first-order chi connectivity index (χ1) is 10.3. The Kier molecular flexibility index (Phi) is 4.42. The number of phenolic OH excluding ortho intramolecular Hbond substituents is 1. The molecule has 0 saturated carbocycles. The first-order valence-electron chi connectivity index (χ1n) is 6.83. The lowest BCUT2D eigenvalue weighted by Gasteiger charge is -2.29. The summed E-state index contributed by atoms with van der Waals surface area (Å²) >= 11 is 1.48. The van der Waals surface area contributed by atoms with Gasteiger partial charge in [-0.15, -0.1) is 11.3 Å². The van der Waals surface area contributed by atoms with Crippen molar-refractivity contribution in [2.24, 2.45) is 5.41 Å². The van der Waals surface area contributed by atoms with Crippen molar-refractivity contribution < 1.29 is 19.4 Å². The Morgan fingerprint density at radius 1 is 1.27 bits per heavy atom. The van der Waals surface area contributed by atoms with Crippen LogP contribution >= 0.6 is 11.3 Å². The summed E-state index contributed by atoms with van der Waals surface area (Å²) in [5, 5.41) is 15.4. The topological polar surface area (TPSA) is 75.6 Å². The summed E-state index contributed by atoms with van der Waals surface area (Å²) in [6.07, 6.45) is 0. The largest absolute Gasteiger partial charge is 0.506 e. The fourth-order valence-electron chi connectivity index (χ4n) is 2.17. The van der Waals surface area contributed by atoms with Crippen LogP contribution in [0.1, 0.15) is 31.1 Å². The Balaban J connectivity index is 2.33. The van der Waals surface area contributed by atoms with E-state index in [1.807, 2.05) is 26.2 Å². The molecular weight excluding hydrogens is 302 g/mol. The number of rotatable bonds is 3. The molecular formula is C16H19NO4S. The van der Waals surface area contributed by atoms with Gasteiger partial charge in [-0.05, 0) is 29.0 Å². The normalized spacial score (nSPS) is 12.9. The van der Waals surface area contributed by atoms with E-state index < -0.39 is 23.3 Å². The van der Waals surface area contributed by atoms with Crippen molar-refractivity contribution in [2.45, 2.75) is 26.8 Å². The van der Waals surface area contributed by atoms with Crippen molar-refractivity contribution in [3.63, 3.8) is 0 Å². The quantitative estimate of drug-likeness (QED) is 0.852. The van der Waals surface area contributed by atoms with Crippen LogP contribution < -0.4 is 5.32 Å². The zero-order valence-corrected chi connectivity index (χ0v) is 13.8. The summed E-state index contributed by atoms with van der Waals surface area (Å²) in [6.45, 7) is 5.49. The number of ether oxygens (including phenoxy) is 1. The molecule has 1 aromatic heterocycles. The highest BCUT2D eigenvalue weighted by Gasteiger charge is 2.34. The van der Waals surface area contributed by atoms with Gasteiger partial charge in [-0.3, -0.25) is 4.79 Å². The highest BCUT2D eigenvalue weighted by Crippen LogP contribution is 2.32. The van der Waals surface area contributed by atoms with Gasteiger partial charge in [0.1, 0.15) is 11.8 Å². The molecule has 0 aliphatic carbocycles. The number of benzene rings is 1. The lowest BCUT2D eigenvalue weighted by atomic mass is 9.86. The fraction of sp³-hybridized carbons (Fsp3) is 0.375. The zero-order chi connectivity index (χ0) is 16.5. The molecule has 0 spiro atoms. The van der Waals surface area contributed by atoms with Crippen LogP contribution in [0.25, 0.3) is 10.1 Å².